The second kappa shape index (κ2) is 3.33. The quantitative estimate of drug-likeness (QED) is 0.725. The first kappa shape index (κ1) is 9.06. The van der Waals surface area contributed by atoms with Crippen LogP contribution in [-0.4, -0.2) is 12.4 Å². The monoisotopic (exact) mass is 191 g/mol. The van der Waals surface area contributed by atoms with E-state index in [2.05, 4.69) is 0 Å². The van der Waals surface area contributed by atoms with E-state index >= 15 is 0 Å². The summed E-state index contributed by atoms with van der Waals surface area (Å²) in [5, 5.41) is 0. The zero-order valence-electron chi connectivity index (χ0n) is 8.17. The summed E-state index contributed by atoms with van der Waals surface area (Å²) in [6, 6.07) is 3.59. The highest BCUT2D eigenvalue weighted by Gasteiger charge is 2.22. The van der Waals surface area contributed by atoms with Crippen LogP contribution in [-0.2, 0) is 6.42 Å². The summed E-state index contributed by atoms with van der Waals surface area (Å²) in [7, 11) is 0. The van der Waals surface area contributed by atoms with Gasteiger partial charge in [0.2, 0.25) is 0 Å². The number of ketones is 1. The number of nitrogen functional groups attached to an aromatic ring is 1. The molecule has 0 saturated heterocycles. The highest BCUT2D eigenvalue weighted by molar-refractivity contribution is 6.02. The van der Waals surface area contributed by atoms with Crippen LogP contribution in [0.3, 0.4) is 0 Å². The Labute approximate surface area is 82.9 Å². The Hall–Kier alpha value is -1.51. The number of carbonyl (C=O) groups excluding carboxylic acids is 1. The number of hydrogen-bond donors (Lipinski definition) is 1. The van der Waals surface area contributed by atoms with Crippen molar-refractivity contribution in [2.24, 2.45) is 0 Å². The van der Waals surface area contributed by atoms with E-state index in [1.54, 1.807) is 12.1 Å². The summed E-state index contributed by atoms with van der Waals surface area (Å²) in [4.78, 5) is 11.5. The topological polar surface area (TPSA) is 52.3 Å². The molecule has 74 valence electrons. The molecule has 3 heteroatoms. The van der Waals surface area contributed by atoms with Crippen LogP contribution in [0.1, 0.15) is 29.3 Å². The molecule has 1 aromatic rings. The highest BCUT2D eigenvalue weighted by atomic mass is 16.5. The van der Waals surface area contributed by atoms with Gasteiger partial charge in [-0.15, -0.1) is 0 Å². The van der Waals surface area contributed by atoms with E-state index < -0.39 is 0 Å². The number of benzene rings is 1. The van der Waals surface area contributed by atoms with E-state index in [1.807, 2.05) is 6.92 Å². The van der Waals surface area contributed by atoms with E-state index in [1.165, 1.54) is 0 Å². The van der Waals surface area contributed by atoms with Crippen LogP contribution < -0.4 is 10.5 Å². The SMILES string of the molecule is CCOc1cc(N)c2c(c1)C(=O)CC2. The van der Waals surface area contributed by atoms with Crippen LogP contribution in [0.4, 0.5) is 5.69 Å². The highest BCUT2D eigenvalue weighted by Crippen LogP contribution is 2.31. The molecule has 1 aromatic carbocycles. The minimum absolute atomic E-state index is 0.174. The van der Waals surface area contributed by atoms with Gasteiger partial charge in [-0.3, -0.25) is 4.79 Å². The molecule has 0 aliphatic heterocycles. The van der Waals surface area contributed by atoms with Crippen LogP contribution >= 0.6 is 0 Å². The zero-order valence-corrected chi connectivity index (χ0v) is 8.17. The molecular formula is C11H13NO2. The van der Waals surface area contributed by atoms with E-state index in [4.69, 9.17) is 10.5 Å². The van der Waals surface area contributed by atoms with Gasteiger partial charge in [0.15, 0.2) is 5.78 Å². The molecule has 3 nitrogen and oxygen atoms in total. The van der Waals surface area contributed by atoms with Crippen molar-refractivity contribution in [1.29, 1.82) is 0 Å². The van der Waals surface area contributed by atoms with Crippen molar-refractivity contribution in [3.05, 3.63) is 23.3 Å². The van der Waals surface area contributed by atoms with Gasteiger partial charge in [0.05, 0.1) is 6.61 Å². The number of anilines is 1. The molecule has 0 fully saturated rings. The van der Waals surface area contributed by atoms with Gasteiger partial charge in [-0.2, -0.15) is 0 Å². The average molecular weight is 191 g/mol. The van der Waals surface area contributed by atoms with Crippen LogP contribution in [0.5, 0.6) is 5.75 Å². The largest absolute Gasteiger partial charge is 0.494 e. The number of carbonyl (C=O) groups is 1. The van der Waals surface area contributed by atoms with Gasteiger partial charge >= 0.3 is 0 Å². The van der Waals surface area contributed by atoms with E-state index in [9.17, 15) is 4.79 Å². The first-order valence-electron chi connectivity index (χ1n) is 4.80. The third kappa shape index (κ3) is 1.35. The zero-order chi connectivity index (χ0) is 10.1. The lowest BCUT2D eigenvalue weighted by atomic mass is 10.1. The molecule has 0 spiro atoms. The van der Waals surface area contributed by atoms with Gasteiger partial charge in [-0.1, -0.05) is 0 Å². The molecule has 0 bridgehead atoms. The molecule has 0 unspecified atom stereocenters. The smallest absolute Gasteiger partial charge is 0.163 e. The van der Waals surface area contributed by atoms with Crippen molar-refractivity contribution >= 4 is 11.5 Å². The summed E-state index contributed by atoms with van der Waals surface area (Å²) in [6.45, 7) is 2.50. The Kier molecular flexibility index (Phi) is 2.15. The molecule has 0 heterocycles. The average Bonchev–Trinajstić information content (AvgIpc) is 2.49. The molecule has 2 rings (SSSR count). The number of fused-ring (bicyclic) bond motifs is 1. The van der Waals surface area contributed by atoms with Crippen molar-refractivity contribution in [1.82, 2.24) is 0 Å². The van der Waals surface area contributed by atoms with Crippen molar-refractivity contribution in [3.8, 4) is 5.75 Å². The van der Waals surface area contributed by atoms with Crippen molar-refractivity contribution < 1.29 is 9.53 Å². The summed E-state index contributed by atoms with van der Waals surface area (Å²) in [6.07, 6.45) is 1.35. The summed E-state index contributed by atoms with van der Waals surface area (Å²) in [5.41, 5.74) is 8.24. The molecule has 0 atom stereocenters. The summed E-state index contributed by atoms with van der Waals surface area (Å²) >= 11 is 0. The molecule has 1 aliphatic rings. The number of nitrogens with two attached hydrogens (primary N) is 1. The Bertz CT molecular complexity index is 385. The van der Waals surface area contributed by atoms with Gasteiger partial charge in [-0.05, 0) is 25.0 Å². The first-order valence-corrected chi connectivity index (χ1v) is 4.80. The molecule has 2 N–H and O–H groups in total. The van der Waals surface area contributed by atoms with Crippen molar-refractivity contribution in [3.63, 3.8) is 0 Å². The van der Waals surface area contributed by atoms with Gasteiger partial charge in [0, 0.05) is 23.7 Å². The molecule has 14 heavy (non-hydrogen) atoms. The molecule has 0 radical (unpaired) electrons. The second-order valence-corrected chi connectivity index (χ2v) is 3.39. The predicted molar refractivity (Wildman–Crippen MR) is 54.7 cm³/mol. The fourth-order valence-corrected chi connectivity index (χ4v) is 1.82. The van der Waals surface area contributed by atoms with Gasteiger partial charge < -0.3 is 10.5 Å². The Morgan fingerprint density at radius 2 is 2.21 bits per heavy atom. The van der Waals surface area contributed by atoms with E-state index in [0.29, 0.717) is 24.5 Å². The number of hydrogen-bond acceptors (Lipinski definition) is 3. The lowest BCUT2D eigenvalue weighted by Crippen LogP contribution is -1.99. The Morgan fingerprint density at radius 3 is 2.93 bits per heavy atom. The lowest BCUT2D eigenvalue weighted by molar-refractivity contribution is 0.0994. The number of Topliss-reactive ketones (excluding diaryl/α,β-unsaturated/α-hetero) is 1. The van der Waals surface area contributed by atoms with Crippen LogP contribution in [0.25, 0.3) is 0 Å². The minimum atomic E-state index is 0.174. The fourth-order valence-electron chi connectivity index (χ4n) is 1.82. The van der Waals surface area contributed by atoms with Crippen LogP contribution in [0.15, 0.2) is 12.1 Å². The second-order valence-electron chi connectivity index (χ2n) is 3.39. The number of rotatable bonds is 2. The van der Waals surface area contributed by atoms with Gasteiger partial charge in [-0.25, -0.2) is 0 Å². The third-order valence-electron chi connectivity index (χ3n) is 2.47. The maximum atomic E-state index is 11.5. The molecule has 0 aromatic heterocycles. The van der Waals surface area contributed by atoms with E-state index in [0.717, 1.165) is 17.5 Å². The van der Waals surface area contributed by atoms with Crippen LogP contribution in [0, 0.1) is 0 Å². The lowest BCUT2D eigenvalue weighted by Gasteiger charge is -2.07. The van der Waals surface area contributed by atoms with Crippen molar-refractivity contribution in [2.45, 2.75) is 19.8 Å². The Morgan fingerprint density at radius 1 is 1.43 bits per heavy atom. The van der Waals surface area contributed by atoms with E-state index in [-0.39, 0.29) is 5.78 Å². The van der Waals surface area contributed by atoms with Gasteiger partial charge in [0.1, 0.15) is 5.75 Å². The fraction of sp³-hybridized carbons (Fsp3) is 0.364. The minimum Gasteiger partial charge on any atom is -0.494 e. The predicted octanol–water partition coefficient (Wildman–Crippen LogP) is 1.80. The molecule has 0 saturated carbocycles. The summed E-state index contributed by atoms with van der Waals surface area (Å²) < 4.78 is 5.33. The maximum Gasteiger partial charge on any atom is 0.163 e. The molecule has 0 amide bonds. The third-order valence-corrected chi connectivity index (χ3v) is 2.47. The maximum absolute atomic E-state index is 11.5. The molecule has 1 aliphatic carbocycles. The van der Waals surface area contributed by atoms with Gasteiger partial charge in [0.25, 0.3) is 0 Å². The van der Waals surface area contributed by atoms with Crippen molar-refractivity contribution in [2.75, 3.05) is 12.3 Å². The van der Waals surface area contributed by atoms with Crippen LogP contribution in [0.2, 0.25) is 0 Å². The summed E-state index contributed by atoms with van der Waals surface area (Å²) in [5.74, 6) is 0.868. The first-order chi connectivity index (χ1) is 6.72. The normalized spacial score (nSPS) is 14.2. The Balaban J connectivity index is 2.47. The standard InChI is InChI=1S/C11H13NO2/c1-2-14-7-5-9-8(10(12)6-7)3-4-11(9)13/h5-6H,2-4,12H2,1H3. The molecular weight excluding hydrogens is 178 g/mol. The number of ether oxygens (including phenoxy) is 1.